The van der Waals surface area contributed by atoms with Gasteiger partial charge in [-0.25, -0.2) is 0 Å². The minimum atomic E-state index is -0.512. The van der Waals surface area contributed by atoms with Gasteiger partial charge in [-0.05, 0) is 44.4 Å². The Kier molecular flexibility index (Phi) is 4.66. The highest BCUT2D eigenvalue weighted by Gasteiger charge is 2.22. The van der Waals surface area contributed by atoms with Crippen LogP contribution in [0.3, 0.4) is 0 Å². The van der Waals surface area contributed by atoms with E-state index in [-0.39, 0.29) is 6.10 Å². The molecule has 0 aromatic heterocycles. The van der Waals surface area contributed by atoms with E-state index >= 15 is 0 Å². The molecule has 1 aromatic rings. The van der Waals surface area contributed by atoms with Crippen LogP contribution in [0.15, 0.2) is 18.2 Å². The van der Waals surface area contributed by atoms with E-state index in [2.05, 4.69) is 6.92 Å². The van der Waals surface area contributed by atoms with E-state index in [0.29, 0.717) is 24.2 Å². The van der Waals surface area contributed by atoms with Crippen LogP contribution in [0, 0.1) is 0 Å². The van der Waals surface area contributed by atoms with Crippen LogP contribution in [0.5, 0.6) is 11.5 Å². The molecular formula is C15H22O4. The summed E-state index contributed by atoms with van der Waals surface area (Å²) in [6.07, 6.45) is 2.10. The number of ether oxygens (including phenoxy) is 3. The molecule has 2 rings (SSSR count). The van der Waals surface area contributed by atoms with E-state index in [0.717, 1.165) is 18.4 Å². The lowest BCUT2D eigenvalue weighted by Gasteiger charge is -2.16. The summed E-state index contributed by atoms with van der Waals surface area (Å²) < 4.78 is 16.8. The minimum Gasteiger partial charge on any atom is -0.493 e. The van der Waals surface area contributed by atoms with Crippen LogP contribution in [-0.4, -0.2) is 31.0 Å². The number of aliphatic hydroxyl groups excluding tert-OH is 1. The summed E-state index contributed by atoms with van der Waals surface area (Å²) in [5, 5.41) is 9.55. The molecule has 1 N–H and O–H groups in total. The third-order valence-corrected chi connectivity index (χ3v) is 3.41. The molecule has 3 atom stereocenters. The molecule has 1 fully saturated rings. The second-order valence-electron chi connectivity index (χ2n) is 5.04. The van der Waals surface area contributed by atoms with Crippen LogP contribution < -0.4 is 9.47 Å². The van der Waals surface area contributed by atoms with Crippen LogP contribution in [0.25, 0.3) is 0 Å². The molecule has 1 heterocycles. The molecule has 2 unspecified atom stereocenters. The molecule has 106 valence electrons. The first-order valence-electron chi connectivity index (χ1n) is 6.74. The lowest BCUT2D eigenvalue weighted by Crippen LogP contribution is -2.18. The van der Waals surface area contributed by atoms with Gasteiger partial charge in [0, 0.05) is 0 Å². The van der Waals surface area contributed by atoms with Crippen molar-refractivity contribution in [3.63, 3.8) is 0 Å². The molecule has 4 nitrogen and oxygen atoms in total. The first kappa shape index (κ1) is 14.2. The Morgan fingerprint density at radius 1 is 1.37 bits per heavy atom. The van der Waals surface area contributed by atoms with Gasteiger partial charge in [0.25, 0.3) is 0 Å². The lowest BCUT2D eigenvalue weighted by molar-refractivity contribution is 0.0259. The van der Waals surface area contributed by atoms with Crippen LogP contribution in [0.4, 0.5) is 0 Å². The fourth-order valence-corrected chi connectivity index (χ4v) is 2.25. The average molecular weight is 266 g/mol. The number of methoxy groups -OCH3 is 1. The zero-order chi connectivity index (χ0) is 13.8. The lowest BCUT2D eigenvalue weighted by atomic mass is 10.1. The van der Waals surface area contributed by atoms with E-state index < -0.39 is 6.10 Å². The molecule has 0 saturated carbocycles. The number of rotatable bonds is 5. The normalized spacial score (nSPS) is 24.2. The molecule has 0 spiro atoms. The molecule has 1 aliphatic rings. The highest BCUT2D eigenvalue weighted by Crippen LogP contribution is 2.31. The fraction of sp³-hybridized carbons (Fsp3) is 0.600. The average Bonchev–Trinajstić information content (AvgIpc) is 2.81. The summed E-state index contributed by atoms with van der Waals surface area (Å²) in [5.74, 6) is 1.33. The smallest absolute Gasteiger partial charge is 0.161 e. The van der Waals surface area contributed by atoms with E-state index in [9.17, 15) is 5.11 Å². The van der Waals surface area contributed by atoms with Gasteiger partial charge in [-0.15, -0.1) is 0 Å². The van der Waals surface area contributed by atoms with E-state index in [1.165, 1.54) is 0 Å². The van der Waals surface area contributed by atoms with Crippen LogP contribution >= 0.6 is 0 Å². The van der Waals surface area contributed by atoms with Crippen molar-refractivity contribution in [3.8, 4) is 11.5 Å². The summed E-state index contributed by atoms with van der Waals surface area (Å²) >= 11 is 0. The zero-order valence-electron chi connectivity index (χ0n) is 11.8. The standard InChI is InChI=1S/C15H22O4/c1-10-4-6-13(19-10)9-18-14-7-5-12(11(2)16)8-15(14)17-3/h5,7-8,10-11,13,16H,4,6,9H2,1-3H3/t10?,11-,13?/m1/s1. The van der Waals surface area contributed by atoms with Crippen molar-refractivity contribution in [1.29, 1.82) is 0 Å². The number of aliphatic hydroxyl groups is 1. The van der Waals surface area contributed by atoms with Gasteiger partial charge < -0.3 is 19.3 Å². The fourth-order valence-electron chi connectivity index (χ4n) is 2.25. The quantitative estimate of drug-likeness (QED) is 0.890. The second-order valence-corrected chi connectivity index (χ2v) is 5.04. The molecule has 0 amide bonds. The SMILES string of the molecule is COc1cc([C@@H](C)O)ccc1OCC1CCC(C)O1. The summed E-state index contributed by atoms with van der Waals surface area (Å²) in [5.41, 5.74) is 0.815. The Balaban J connectivity index is 1.99. The Bertz CT molecular complexity index is 417. The molecule has 19 heavy (non-hydrogen) atoms. The highest BCUT2D eigenvalue weighted by atomic mass is 16.6. The van der Waals surface area contributed by atoms with Crippen molar-refractivity contribution in [2.45, 2.75) is 45.0 Å². The van der Waals surface area contributed by atoms with Crippen molar-refractivity contribution < 1.29 is 19.3 Å². The van der Waals surface area contributed by atoms with E-state index in [1.807, 2.05) is 12.1 Å². The van der Waals surface area contributed by atoms with Gasteiger partial charge in [-0.1, -0.05) is 6.07 Å². The van der Waals surface area contributed by atoms with Crippen molar-refractivity contribution >= 4 is 0 Å². The third kappa shape index (κ3) is 3.61. The Morgan fingerprint density at radius 2 is 2.16 bits per heavy atom. The van der Waals surface area contributed by atoms with Crippen LogP contribution in [0.2, 0.25) is 0 Å². The Labute approximate surface area is 114 Å². The number of hydrogen-bond donors (Lipinski definition) is 1. The number of benzene rings is 1. The number of hydrogen-bond acceptors (Lipinski definition) is 4. The highest BCUT2D eigenvalue weighted by molar-refractivity contribution is 5.43. The van der Waals surface area contributed by atoms with Crippen LogP contribution in [0.1, 0.15) is 38.4 Å². The zero-order valence-corrected chi connectivity index (χ0v) is 11.8. The second kappa shape index (κ2) is 6.26. The van der Waals surface area contributed by atoms with Gasteiger partial charge in [-0.3, -0.25) is 0 Å². The first-order chi connectivity index (χ1) is 9.10. The van der Waals surface area contributed by atoms with Gasteiger partial charge in [0.1, 0.15) is 6.61 Å². The topological polar surface area (TPSA) is 47.9 Å². The van der Waals surface area contributed by atoms with Crippen molar-refractivity contribution in [3.05, 3.63) is 23.8 Å². The van der Waals surface area contributed by atoms with E-state index in [1.54, 1.807) is 20.1 Å². The maximum Gasteiger partial charge on any atom is 0.161 e. The molecular weight excluding hydrogens is 244 g/mol. The summed E-state index contributed by atoms with van der Waals surface area (Å²) in [6.45, 7) is 4.34. The molecule has 1 aromatic carbocycles. The van der Waals surface area contributed by atoms with Crippen molar-refractivity contribution in [2.75, 3.05) is 13.7 Å². The first-order valence-corrected chi connectivity index (χ1v) is 6.74. The predicted molar refractivity (Wildman–Crippen MR) is 72.7 cm³/mol. The van der Waals surface area contributed by atoms with Crippen molar-refractivity contribution in [2.24, 2.45) is 0 Å². The predicted octanol–water partition coefficient (Wildman–Crippen LogP) is 2.69. The molecule has 1 saturated heterocycles. The molecule has 0 aliphatic carbocycles. The largest absolute Gasteiger partial charge is 0.493 e. The molecule has 4 heteroatoms. The molecule has 1 aliphatic heterocycles. The van der Waals surface area contributed by atoms with Crippen molar-refractivity contribution in [1.82, 2.24) is 0 Å². The van der Waals surface area contributed by atoms with Gasteiger partial charge in [0.05, 0.1) is 25.4 Å². The molecule has 0 radical (unpaired) electrons. The van der Waals surface area contributed by atoms with Gasteiger partial charge in [-0.2, -0.15) is 0 Å². The summed E-state index contributed by atoms with van der Waals surface area (Å²) in [6, 6.07) is 5.48. The minimum absolute atomic E-state index is 0.163. The van der Waals surface area contributed by atoms with Crippen LogP contribution in [-0.2, 0) is 4.74 Å². The monoisotopic (exact) mass is 266 g/mol. The third-order valence-electron chi connectivity index (χ3n) is 3.41. The molecule has 0 bridgehead atoms. The Morgan fingerprint density at radius 3 is 2.74 bits per heavy atom. The van der Waals surface area contributed by atoms with Gasteiger partial charge >= 0.3 is 0 Å². The summed E-state index contributed by atoms with van der Waals surface area (Å²) in [7, 11) is 1.60. The van der Waals surface area contributed by atoms with Gasteiger partial charge in [0.15, 0.2) is 11.5 Å². The van der Waals surface area contributed by atoms with E-state index in [4.69, 9.17) is 14.2 Å². The Hall–Kier alpha value is -1.26. The van der Waals surface area contributed by atoms with Gasteiger partial charge in [0.2, 0.25) is 0 Å². The maximum atomic E-state index is 9.55. The summed E-state index contributed by atoms with van der Waals surface area (Å²) in [4.78, 5) is 0. The maximum absolute atomic E-state index is 9.55.